The first kappa shape index (κ1) is 21.9. The molecular formula is C21H25N5O6. The van der Waals surface area contributed by atoms with Crippen LogP contribution in [0.3, 0.4) is 0 Å². The Hall–Kier alpha value is -3.28. The number of nitrogens with one attached hydrogen (secondary N) is 2. The minimum atomic E-state index is -0.598. The summed E-state index contributed by atoms with van der Waals surface area (Å²) >= 11 is 0. The maximum absolute atomic E-state index is 12.5. The monoisotopic (exact) mass is 443 g/mol. The van der Waals surface area contributed by atoms with Crippen LogP contribution < -0.4 is 15.6 Å². The SMILES string of the molecule is CC[C@H]1O[C@@H](n2cnc3c(=O)[nH]c(NC(=O)COc4ccccc4)nc32)C(OC)[C@H]1OC. The lowest BCUT2D eigenvalue weighted by Gasteiger charge is -2.21. The molecule has 0 saturated carbocycles. The summed E-state index contributed by atoms with van der Waals surface area (Å²) in [7, 11) is 3.17. The van der Waals surface area contributed by atoms with E-state index < -0.39 is 23.8 Å². The third-order valence-corrected chi connectivity index (χ3v) is 5.31. The van der Waals surface area contributed by atoms with Gasteiger partial charge in [0, 0.05) is 14.2 Å². The van der Waals surface area contributed by atoms with E-state index in [-0.39, 0.29) is 35.9 Å². The van der Waals surface area contributed by atoms with Crippen molar-refractivity contribution >= 4 is 23.0 Å². The molecule has 4 rings (SSSR count). The third kappa shape index (κ3) is 4.22. The van der Waals surface area contributed by atoms with Gasteiger partial charge in [-0.2, -0.15) is 4.98 Å². The van der Waals surface area contributed by atoms with E-state index in [0.717, 1.165) is 6.42 Å². The lowest BCUT2D eigenvalue weighted by molar-refractivity contribution is -0.118. The maximum Gasteiger partial charge on any atom is 0.280 e. The molecule has 1 amide bonds. The van der Waals surface area contributed by atoms with E-state index >= 15 is 0 Å². The molecule has 1 unspecified atom stereocenters. The molecule has 11 nitrogen and oxygen atoms in total. The molecule has 0 spiro atoms. The number of aromatic amines is 1. The van der Waals surface area contributed by atoms with Gasteiger partial charge in [0.1, 0.15) is 18.0 Å². The van der Waals surface area contributed by atoms with E-state index in [2.05, 4.69) is 20.3 Å². The van der Waals surface area contributed by atoms with Gasteiger partial charge in [0.15, 0.2) is 24.0 Å². The molecule has 32 heavy (non-hydrogen) atoms. The Morgan fingerprint density at radius 1 is 1.22 bits per heavy atom. The number of benzene rings is 1. The smallest absolute Gasteiger partial charge is 0.280 e. The highest BCUT2D eigenvalue weighted by Crippen LogP contribution is 2.35. The first-order valence-corrected chi connectivity index (χ1v) is 10.2. The van der Waals surface area contributed by atoms with Crippen molar-refractivity contribution < 1.29 is 23.7 Å². The van der Waals surface area contributed by atoms with Gasteiger partial charge in [-0.1, -0.05) is 25.1 Å². The zero-order chi connectivity index (χ0) is 22.7. The number of hydrogen-bond acceptors (Lipinski definition) is 8. The number of rotatable bonds is 8. The Kier molecular flexibility index (Phi) is 6.49. The number of imidazole rings is 1. The Morgan fingerprint density at radius 3 is 2.66 bits per heavy atom. The Balaban J connectivity index is 1.57. The summed E-state index contributed by atoms with van der Waals surface area (Å²) in [4.78, 5) is 35.9. The molecule has 2 aromatic heterocycles. The number of aromatic nitrogens is 4. The number of H-pyrrole nitrogens is 1. The number of carbonyl (C=O) groups excluding carboxylic acids is 1. The van der Waals surface area contributed by atoms with Crippen molar-refractivity contribution in [2.75, 3.05) is 26.1 Å². The topological polar surface area (TPSA) is 130 Å². The molecule has 1 aromatic carbocycles. The summed E-state index contributed by atoms with van der Waals surface area (Å²) in [6.07, 6.45) is 0.684. The van der Waals surface area contributed by atoms with E-state index in [1.54, 1.807) is 43.1 Å². The first-order chi connectivity index (χ1) is 15.5. The molecule has 1 fully saturated rings. The van der Waals surface area contributed by atoms with Crippen molar-refractivity contribution in [3.63, 3.8) is 0 Å². The molecule has 1 saturated heterocycles. The molecule has 0 aliphatic carbocycles. The minimum absolute atomic E-state index is 0.0202. The molecule has 1 aliphatic rings. The van der Waals surface area contributed by atoms with Crippen molar-refractivity contribution in [1.82, 2.24) is 19.5 Å². The van der Waals surface area contributed by atoms with Crippen LogP contribution >= 0.6 is 0 Å². The number of methoxy groups -OCH3 is 2. The van der Waals surface area contributed by atoms with Gasteiger partial charge in [-0.15, -0.1) is 0 Å². The van der Waals surface area contributed by atoms with Gasteiger partial charge in [-0.05, 0) is 18.6 Å². The van der Waals surface area contributed by atoms with Gasteiger partial charge in [0.25, 0.3) is 11.5 Å². The fourth-order valence-electron chi connectivity index (χ4n) is 3.80. The number of amides is 1. The Labute approximate surface area is 183 Å². The van der Waals surface area contributed by atoms with Gasteiger partial charge in [0.2, 0.25) is 5.95 Å². The van der Waals surface area contributed by atoms with Crippen LogP contribution in [0.2, 0.25) is 0 Å². The zero-order valence-electron chi connectivity index (χ0n) is 18.0. The molecule has 11 heteroatoms. The molecule has 3 aromatic rings. The van der Waals surface area contributed by atoms with Crippen LogP contribution in [0.25, 0.3) is 11.2 Å². The molecule has 0 bridgehead atoms. The Bertz CT molecular complexity index is 1130. The lowest BCUT2D eigenvalue weighted by Crippen LogP contribution is -2.35. The molecule has 4 atom stereocenters. The van der Waals surface area contributed by atoms with Crippen LogP contribution in [0, 0.1) is 0 Å². The fourth-order valence-corrected chi connectivity index (χ4v) is 3.80. The van der Waals surface area contributed by atoms with Gasteiger partial charge in [0.05, 0.1) is 12.4 Å². The number of para-hydroxylation sites is 1. The summed E-state index contributed by atoms with van der Waals surface area (Å²) in [6, 6.07) is 8.93. The second kappa shape index (κ2) is 9.47. The first-order valence-electron chi connectivity index (χ1n) is 10.2. The minimum Gasteiger partial charge on any atom is -0.484 e. The van der Waals surface area contributed by atoms with Crippen molar-refractivity contribution in [1.29, 1.82) is 0 Å². The van der Waals surface area contributed by atoms with Crippen LogP contribution in [0.5, 0.6) is 5.75 Å². The molecule has 1 aliphatic heterocycles. The fraction of sp³-hybridized carbons (Fsp3) is 0.429. The van der Waals surface area contributed by atoms with Crippen LogP contribution in [-0.2, 0) is 19.0 Å². The summed E-state index contributed by atoms with van der Waals surface area (Å²) in [5.74, 6) is 0.0628. The predicted molar refractivity (Wildman–Crippen MR) is 115 cm³/mol. The highest BCUT2D eigenvalue weighted by molar-refractivity contribution is 5.90. The van der Waals surface area contributed by atoms with E-state index in [0.29, 0.717) is 5.75 Å². The summed E-state index contributed by atoms with van der Waals surface area (Å²) in [6.45, 7) is 1.75. The molecule has 0 radical (unpaired) electrons. The average Bonchev–Trinajstić information content (AvgIpc) is 3.39. The number of nitrogens with zero attached hydrogens (tertiary/aromatic N) is 3. The van der Waals surface area contributed by atoms with Crippen molar-refractivity contribution in [2.24, 2.45) is 0 Å². The molecule has 170 valence electrons. The number of hydrogen-bond donors (Lipinski definition) is 2. The zero-order valence-corrected chi connectivity index (χ0v) is 18.0. The summed E-state index contributed by atoms with van der Waals surface area (Å²) in [5.41, 5.74) is -0.113. The number of ether oxygens (including phenoxy) is 4. The van der Waals surface area contributed by atoms with Crippen LogP contribution in [0.15, 0.2) is 41.5 Å². The molecule has 2 N–H and O–H groups in total. The van der Waals surface area contributed by atoms with E-state index in [1.165, 1.54) is 6.33 Å². The number of fused-ring (bicyclic) bond motifs is 1. The molecule has 3 heterocycles. The van der Waals surface area contributed by atoms with E-state index in [9.17, 15) is 9.59 Å². The second-order valence-electron chi connectivity index (χ2n) is 7.26. The lowest BCUT2D eigenvalue weighted by atomic mass is 10.1. The van der Waals surface area contributed by atoms with Gasteiger partial charge >= 0.3 is 0 Å². The quantitative estimate of drug-likeness (QED) is 0.535. The van der Waals surface area contributed by atoms with E-state index in [4.69, 9.17) is 18.9 Å². The maximum atomic E-state index is 12.5. The predicted octanol–water partition coefficient (Wildman–Crippen LogP) is 1.47. The second-order valence-corrected chi connectivity index (χ2v) is 7.26. The normalized spacial score (nSPS) is 22.8. The average molecular weight is 443 g/mol. The highest BCUT2D eigenvalue weighted by Gasteiger charge is 2.46. The number of carbonyl (C=O) groups is 1. The van der Waals surface area contributed by atoms with Crippen LogP contribution in [0.4, 0.5) is 5.95 Å². The van der Waals surface area contributed by atoms with Crippen LogP contribution in [-0.4, -0.2) is 64.6 Å². The van der Waals surface area contributed by atoms with E-state index in [1.807, 2.05) is 13.0 Å². The van der Waals surface area contributed by atoms with Gasteiger partial charge in [-0.25, -0.2) is 4.98 Å². The third-order valence-electron chi connectivity index (χ3n) is 5.31. The summed E-state index contributed by atoms with van der Waals surface area (Å²) in [5, 5.41) is 2.55. The van der Waals surface area contributed by atoms with Gasteiger partial charge < -0.3 is 18.9 Å². The van der Waals surface area contributed by atoms with Crippen LogP contribution in [0.1, 0.15) is 19.6 Å². The summed E-state index contributed by atoms with van der Waals surface area (Å²) < 4.78 is 24.4. The number of anilines is 1. The molecular weight excluding hydrogens is 418 g/mol. The van der Waals surface area contributed by atoms with Crippen molar-refractivity contribution in [2.45, 2.75) is 37.9 Å². The highest BCUT2D eigenvalue weighted by atomic mass is 16.6. The van der Waals surface area contributed by atoms with Crippen molar-refractivity contribution in [3.8, 4) is 5.75 Å². The standard InChI is InChI=1S/C21H25N5O6/c1-4-13-16(29-2)17(30-3)20(32-13)26-11-22-15-18(26)24-21(25-19(15)28)23-14(27)10-31-12-8-6-5-7-9-12/h5-9,11,13,16-17,20H,4,10H2,1-3H3,(H2,23,24,25,27,28)/t13-,16+,17?,20-/m1/s1. The largest absolute Gasteiger partial charge is 0.484 e. The van der Waals surface area contributed by atoms with Gasteiger partial charge in [-0.3, -0.25) is 24.5 Å². The Morgan fingerprint density at radius 2 is 1.97 bits per heavy atom. The van der Waals surface area contributed by atoms with Crippen molar-refractivity contribution in [3.05, 3.63) is 47.0 Å².